The first kappa shape index (κ1) is 24.4. The molecule has 9 nitrogen and oxygen atoms in total. The number of aliphatic hydroxyl groups is 1. The lowest BCUT2D eigenvalue weighted by Crippen LogP contribution is -2.07. The van der Waals surface area contributed by atoms with Crippen LogP contribution < -0.4 is 4.74 Å². The smallest absolute Gasteiger partial charge is 0.331 e. The second kappa shape index (κ2) is 11.1. The highest BCUT2D eigenvalue weighted by atomic mass is 16.7. The van der Waals surface area contributed by atoms with Gasteiger partial charge in [0.25, 0.3) is 5.69 Å². The van der Waals surface area contributed by atoms with Gasteiger partial charge in [-0.3, -0.25) is 10.1 Å². The number of oxime groups is 1. The molecule has 1 aliphatic rings. The lowest BCUT2D eigenvalue weighted by molar-refractivity contribution is -0.384. The highest BCUT2D eigenvalue weighted by Crippen LogP contribution is 2.33. The van der Waals surface area contributed by atoms with Gasteiger partial charge < -0.3 is 19.2 Å². The summed E-state index contributed by atoms with van der Waals surface area (Å²) in [5, 5.41) is 25.3. The molecule has 1 heterocycles. The van der Waals surface area contributed by atoms with E-state index in [1.165, 1.54) is 44.7 Å². The number of nitro benzene ring substituents is 1. The molecule has 1 fully saturated rings. The molecule has 184 valence electrons. The van der Waals surface area contributed by atoms with E-state index in [2.05, 4.69) is 5.16 Å². The van der Waals surface area contributed by atoms with E-state index in [4.69, 9.17) is 14.7 Å². The van der Waals surface area contributed by atoms with Crippen molar-refractivity contribution < 1.29 is 24.4 Å². The van der Waals surface area contributed by atoms with E-state index in [1.54, 1.807) is 12.1 Å². The van der Waals surface area contributed by atoms with E-state index < -0.39 is 10.9 Å². The Morgan fingerprint density at radius 2 is 1.94 bits per heavy atom. The van der Waals surface area contributed by atoms with Gasteiger partial charge in [-0.2, -0.15) is 0 Å². The summed E-state index contributed by atoms with van der Waals surface area (Å²) in [5.41, 5.74) is 3.07. The van der Waals surface area contributed by atoms with Crippen LogP contribution in [0.5, 0.6) is 5.75 Å². The summed E-state index contributed by atoms with van der Waals surface area (Å²) in [7, 11) is 0. The maximum absolute atomic E-state index is 11.6. The summed E-state index contributed by atoms with van der Waals surface area (Å²) in [6, 6.07) is 11.9. The molecule has 1 saturated carbocycles. The van der Waals surface area contributed by atoms with E-state index in [0.29, 0.717) is 23.8 Å². The molecule has 4 rings (SSSR count). The van der Waals surface area contributed by atoms with Crippen LogP contribution in [0.4, 0.5) is 5.69 Å². The van der Waals surface area contributed by atoms with Crippen LogP contribution in [-0.4, -0.2) is 39.5 Å². The van der Waals surface area contributed by atoms with Crippen molar-refractivity contribution in [1.29, 1.82) is 0 Å². The highest BCUT2D eigenvalue weighted by Gasteiger charge is 2.21. The first-order valence-electron chi connectivity index (χ1n) is 11.8. The van der Waals surface area contributed by atoms with Gasteiger partial charge in [-0.05, 0) is 49.1 Å². The Morgan fingerprint density at radius 1 is 1.20 bits per heavy atom. The van der Waals surface area contributed by atoms with Crippen LogP contribution in [-0.2, 0) is 9.63 Å². The summed E-state index contributed by atoms with van der Waals surface area (Å²) in [4.78, 5) is 27.3. The fourth-order valence-electron chi connectivity index (χ4n) is 4.63. The fraction of sp³-hybridized carbons (Fsp3) is 0.385. The van der Waals surface area contributed by atoms with Crippen LogP contribution in [0.1, 0.15) is 51.0 Å². The number of nitrogens with zero attached hydrogens (tertiary/aromatic N) is 3. The summed E-state index contributed by atoms with van der Waals surface area (Å²) in [6.45, 7) is 1.38. The molecule has 0 spiro atoms. The molecule has 1 aromatic heterocycles. The Balaban J connectivity index is 1.79. The average molecular weight is 480 g/mol. The van der Waals surface area contributed by atoms with Gasteiger partial charge in [0.1, 0.15) is 12.4 Å². The van der Waals surface area contributed by atoms with Crippen molar-refractivity contribution >= 4 is 28.3 Å². The molecule has 3 aromatic rings. The molecule has 2 aromatic carbocycles. The highest BCUT2D eigenvalue weighted by molar-refractivity contribution is 6.11. The van der Waals surface area contributed by atoms with E-state index in [9.17, 15) is 14.9 Å². The average Bonchev–Trinajstić information content (AvgIpc) is 3.51. The molecule has 1 aliphatic carbocycles. The van der Waals surface area contributed by atoms with Crippen LogP contribution in [0.15, 0.2) is 53.8 Å². The number of hydrogen-bond donors (Lipinski definition) is 1. The van der Waals surface area contributed by atoms with E-state index >= 15 is 0 Å². The Labute approximate surface area is 203 Å². The lowest BCUT2D eigenvalue weighted by Gasteiger charge is -2.10. The number of carbonyl (C=O) groups is 1. The van der Waals surface area contributed by atoms with Crippen molar-refractivity contribution in [3.8, 4) is 11.4 Å². The summed E-state index contributed by atoms with van der Waals surface area (Å²) < 4.78 is 7.57. The Morgan fingerprint density at radius 3 is 2.60 bits per heavy atom. The zero-order valence-electron chi connectivity index (χ0n) is 19.7. The van der Waals surface area contributed by atoms with Crippen LogP contribution in [0.25, 0.3) is 16.6 Å². The molecule has 0 atom stereocenters. The number of aliphatic hydroxyl groups excluding tert-OH is 1. The standard InChI is InChI=1S/C26H29N3O6/c1-18(31)35-27-25(12-6-19-4-2-3-5-19)24-17-28(20-7-9-21(10-8-20)29(32)33)26-13-11-22(16-23(24)26)34-15-14-30/h7-11,13,16-17,19,30H,2-6,12,14-15H2,1H3/b27-25+. The number of ether oxygens (including phenoxy) is 1. The van der Waals surface area contributed by atoms with Crippen LogP contribution in [0.2, 0.25) is 0 Å². The lowest BCUT2D eigenvalue weighted by atomic mass is 9.97. The monoisotopic (exact) mass is 479 g/mol. The topological polar surface area (TPSA) is 116 Å². The Hall–Kier alpha value is -3.72. The predicted octanol–water partition coefficient (Wildman–Crippen LogP) is 5.15. The second-order valence-corrected chi connectivity index (χ2v) is 8.75. The third-order valence-corrected chi connectivity index (χ3v) is 6.33. The number of nitro groups is 1. The van der Waals surface area contributed by atoms with E-state index in [-0.39, 0.29) is 18.9 Å². The summed E-state index contributed by atoms with van der Waals surface area (Å²) in [5.74, 6) is 0.732. The largest absolute Gasteiger partial charge is 0.491 e. The van der Waals surface area contributed by atoms with Crippen LogP contribution in [0, 0.1) is 16.0 Å². The third-order valence-electron chi connectivity index (χ3n) is 6.33. The first-order chi connectivity index (χ1) is 17.0. The quantitative estimate of drug-likeness (QED) is 0.186. The van der Waals surface area contributed by atoms with Gasteiger partial charge >= 0.3 is 5.97 Å². The molecule has 1 N–H and O–H groups in total. The Bertz CT molecular complexity index is 1230. The first-order valence-corrected chi connectivity index (χ1v) is 11.8. The van der Waals surface area contributed by atoms with Crippen molar-refractivity contribution in [3.63, 3.8) is 0 Å². The molecular weight excluding hydrogens is 450 g/mol. The van der Waals surface area contributed by atoms with Crippen molar-refractivity contribution in [2.45, 2.75) is 45.4 Å². The fourth-order valence-corrected chi connectivity index (χ4v) is 4.63. The van der Waals surface area contributed by atoms with E-state index in [1.807, 2.05) is 29.0 Å². The summed E-state index contributed by atoms with van der Waals surface area (Å²) >= 11 is 0. The number of hydrogen-bond acceptors (Lipinski definition) is 7. The van der Waals surface area contributed by atoms with Crippen LogP contribution >= 0.6 is 0 Å². The van der Waals surface area contributed by atoms with Gasteiger partial charge in [0.05, 0.1) is 22.8 Å². The molecule has 35 heavy (non-hydrogen) atoms. The van der Waals surface area contributed by atoms with Crippen molar-refractivity contribution in [2.75, 3.05) is 13.2 Å². The van der Waals surface area contributed by atoms with Crippen LogP contribution in [0.3, 0.4) is 0 Å². The molecule has 0 aliphatic heterocycles. The van der Waals surface area contributed by atoms with Gasteiger partial charge in [0.15, 0.2) is 0 Å². The minimum Gasteiger partial charge on any atom is -0.491 e. The predicted molar refractivity (Wildman–Crippen MR) is 132 cm³/mol. The molecule has 9 heteroatoms. The number of aromatic nitrogens is 1. The molecular formula is C26H29N3O6. The SMILES string of the molecule is CC(=O)O/N=C(\CCC1CCCC1)c1cn(-c2ccc([N+](=O)[O-])cc2)c2ccc(OCCO)cc12. The van der Waals surface area contributed by atoms with Gasteiger partial charge in [-0.1, -0.05) is 30.8 Å². The van der Waals surface area contributed by atoms with Crippen molar-refractivity contribution in [2.24, 2.45) is 11.1 Å². The zero-order valence-corrected chi connectivity index (χ0v) is 19.7. The number of rotatable bonds is 10. The number of non-ortho nitro benzene ring substituents is 1. The minimum absolute atomic E-state index is 0.0128. The molecule has 0 unspecified atom stereocenters. The normalized spacial score (nSPS) is 14.4. The molecule has 0 amide bonds. The maximum atomic E-state index is 11.6. The Kier molecular flexibility index (Phi) is 7.77. The zero-order chi connectivity index (χ0) is 24.8. The van der Waals surface area contributed by atoms with Gasteiger partial charge in [0.2, 0.25) is 0 Å². The van der Waals surface area contributed by atoms with Crippen molar-refractivity contribution in [3.05, 3.63) is 64.3 Å². The third kappa shape index (κ3) is 5.86. The molecule has 0 bridgehead atoms. The van der Waals surface area contributed by atoms with Gasteiger partial charge in [0, 0.05) is 41.9 Å². The van der Waals surface area contributed by atoms with Gasteiger partial charge in [-0.15, -0.1) is 0 Å². The van der Waals surface area contributed by atoms with Gasteiger partial charge in [-0.25, -0.2) is 4.79 Å². The maximum Gasteiger partial charge on any atom is 0.331 e. The summed E-state index contributed by atoms with van der Waals surface area (Å²) in [6.07, 6.45) is 8.40. The number of benzene rings is 2. The van der Waals surface area contributed by atoms with E-state index in [0.717, 1.165) is 28.6 Å². The van der Waals surface area contributed by atoms with Crippen molar-refractivity contribution in [1.82, 2.24) is 4.57 Å². The number of fused-ring (bicyclic) bond motifs is 1. The second-order valence-electron chi connectivity index (χ2n) is 8.75. The number of carbonyl (C=O) groups excluding carboxylic acids is 1. The molecule has 0 radical (unpaired) electrons. The molecule has 0 saturated heterocycles. The minimum atomic E-state index is -0.491.